The average Bonchev–Trinajstić information content (AvgIpc) is 2.29. The lowest BCUT2D eigenvalue weighted by molar-refractivity contribution is -0.118. The number of rotatable bonds is 6. The highest BCUT2D eigenvalue weighted by atomic mass is 32.2. The van der Waals surface area contributed by atoms with E-state index in [2.05, 4.69) is 5.32 Å². The molecule has 3 N–H and O–H groups in total. The Kier molecular flexibility index (Phi) is 5.64. The number of nitrogens with two attached hydrogens (primary N) is 1. The number of amides is 1. The predicted octanol–water partition coefficient (Wildman–Crippen LogP) is 0.662. The maximum absolute atomic E-state index is 11.7. The van der Waals surface area contributed by atoms with E-state index < -0.39 is 10.8 Å². The summed E-state index contributed by atoms with van der Waals surface area (Å²) in [6, 6.07) is 5.24. The second-order valence-corrected chi connectivity index (χ2v) is 5.22. The standard InChI is InChI=1S/C12H18N2O3S/c1-3-14-12(15)8-18(16)7-9-4-5-11(17-2)10(13)6-9/h4-6H,3,7-8,13H2,1-2H3,(H,14,15). The van der Waals surface area contributed by atoms with Gasteiger partial charge in [0.05, 0.1) is 12.8 Å². The van der Waals surface area contributed by atoms with Gasteiger partial charge in [-0.05, 0) is 24.6 Å². The van der Waals surface area contributed by atoms with Crippen LogP contribution in [-0.4, -0.2) is 29.5 Å². The minimum atomic E-state index is -1.23. The van der Waals surface area contributed by atoms with Crippen LogP contribution in [0.25, 0.3) is 0 Å². The lowest BCUT2D eigenvalue weighted by atomic mass is 10.2. The number of hydrogen-bond acceptors (Lipinski definition) is 4. The Morgan fingerprint density at radius 1 is 1.50 bits per heavy atom. The van der Waals surface area contributed by atoms with Crippen LogP contribution in [-0.2, 0) is 21.3 Å². The van der Waals surface area contributed by atoms with Crippen LogP contribution in [0.2, 0.25) is 0 Å². The van der Waals surface area contributed by atoms with Crippen LogP contribution in [0.4, 0.5) is 5.69 Å². The van der Waals surface area contributed by atoms with Crippen molar-refractivity contribution in [1.82, 2.24) is 5.32 Å². The fourth-order valence-electron chi connectivity index (χ4n) is 1.50. The van der Waals surface area contributed by atoms with Crippen molar-refractivity contribution in [2.24, 2.45) is 0 Å². The Balaban J connectivity index is 2.59. The first-order chi connectivity index (χ1) is 8.56. The van der Waals surface area contributed by atoms with E-state index in [9.17, 15) is 9.00 Å². The molecular weight excluding hydrogens is 252 g/mol. The van der Waals surface area contributed by atoms with E-state index >= 15 is 0 Å². The Morgan fingerprint density at radius 3 is 2.78 bits per heavy atom. The number of nitrogens with one attached hydrogen (secondary N) is 1. The molecule has 0 spiro atoms. The second-order valence-electron chi connectivity index (χ2n) is 3.76. The molecule has 100 valence electrons. The largest absolute Gasteiger partial charge is 0.495 e. The number of methoxy groups -OCH3 is 1. The van der Waals surface area contributed by atoms with Gasteiger partial charge in [-0.15, -0.1) is 0 Å². The molecule has 6 heteroatoms. The molecule has 5 nitrogen and oxygen atoms in total. The van der Waals surface area contributed by atoms with Gasteiger partial charge in [-0.2, -0.15) is 0 Å². The van der Waals surface area contributed by atoms with Crippen molar-refractivity contribution in [3.05, 3.63) is 23.8 Å². The zero-order valence-electron chi connectivity index (χ0n) is 10.6. The maximum Gasteiger partial charge on any atom is 0.232 e. The smallest absolute Gasteiger partial charge is 0.232 e. The minimum Gasteiger partial charge on any atom is -0.495 e. The highest BCUT2D eigenvalue weighted by Gasteiger charge is 2.09. The molecular formula is C12H18N2O3S. The first-order valence-corrected chi connectivity index (χ1v) is 7.09. The fourth-order valence-corrected chi connectivity index (χ4v) is 2.55. The molecule has 1 rings (SSSR count). The Hall–Kier alpha value is -1.56. The van der Waals surface area contributed by atoms with Gasteiger partial charge in [0.15, 0.2) is 0 Å². The molecule has 1 aromatic carbocycles. The van der Waals surface area contributed by atoms with Crippen molar-refractivity contribution in [1.29, 1.82) is 0 Å². The lowest BCUT2D eigenvalue weighted by Gasteiger charge is -2.07. The molecule has 0 heterocycles. The quantitative estimate of drug-likeness (QED) is 0.744. The molecule has 0 radical (unpaired) electrons. The van der Waals surface area contributed by atoms with Crippen LogP contribution in [0.1, 0.15) is 12.5 Å². The van der Waals surface area contributed by atoms with Gasteiger partial charge in [-0.25, -0.2) is 0 Å². The van der Waals surface area contributed by atoms with Gasteiger partial charge in [-0.3, -0.25) is 9.00 Å². The summed E-state index contributed by atoms with van der Waals surface area (Å²) in [7, 11) is 0.312. The van der Waals surface area contributed by atoms with Crippen molar-refractivity contribution in [2.75, 3.05) is 25.1 Å². The zero-order valence-corrected chi connectivity index (χ0v) is 11.4. The second kappa shape index (κ2) is 7.00. The van der Waals surface area contributed by atoms with Crippen LogP contribution < -0.4 is 15.8 Å². The molecule has 1 amide bonds. The third kappa shape index (κ3) is 4.37. The minimum absolute atomic E-state index is 0.0137. The van der Waals surface area contributed by atoms with E-state index in [0.717, 1.165) is 5.56 Å². The van der Waals surface area contributed by atoms with Crippen molar-refractivity contribution in [2.45, 2.75) is 12.7 Å². The van der Waals surface area contributed by atoms with Crippen LogP contribution in [0.5, 0.6) is 5.75 Å². The highest BCUT2D eigenvalue weighted by Crippen LogP contribution is 2.22. The summed E-state index contributed by atoms with van der Waals surface area (Å²) in [5, 5.41) is 2.62. The number of nitrogen functional groups attached to an aromatic ring is 1. The van der Waals surface area contributed by atoms with E-state index in [0.29, 0.717) is 23.7 Å². The summed E-state index contributed by atoms with van der Waals surface area (Å²) in [5.74, 6) is 0.719. The normalized spacial score (nSPS) is 11.9. The average molecular weight is 270 g/mol. The first-order valence-electron chi connectivity index (χ1n) is 5.60. The summed E-state index contributed by atoms with van der Waals surface area (Å²) >= 11 is 0. The molecule has 1 aromatic rings. The molecule has 0 aliphatic rings. The molecule has 0 fully saturated rings. The van der Waals surface area contributed by atoms with Gasteiger partial charge in [0.25, 0.3) is 0 Å². The van der Waals surface area contributed by atoms with Crippen LogP contribution >= 0.6 is 0 Å². The van der Waals surface area contributed by atoms with E-state index in [1.165, 1.54) is 0 Å². The first kappa shape index (κ1) is 14.5. The van der Waals surface area contributed by atoms with Crippen LogP contribution in [0.3, 0.4) is 0 Å². The SMILES string of the molecule is CCNC(=O)CS(=O)Cc1ccc(OC)c(N)c1. The van der Waals surface area contributed by atoms with Crippen molar-refractivity contribution in [3.63, 3.8) is 0 Å². The van der Waals surface area contributed by atoms with Gasteiger partial charge >= 0.3 is 0 Å². The zero-order chi connectivity index (χ0) is 13.5. The summed E-state index contributed by atoms with van der Waals surface area (Å²) in [6.07, 6.45) is 0. The highest BCUT2D eigenvalue weighted by molar-refractivity contribution is 7.84. The van der Waals surface area contributed by atoms with Gasteiger partial charge in [0.2, 0.25) is 5.91 Å². The molecule has 1 atom stereocenters. The fraction of sp³-hybridized carbons (Fsp3) is 0.417. The molecule has 0 saturated heterocycles. The number of carbonyl (C=O) groups is 1. The third-order valence-electron chi connectivity index (χ3n) is 2.29. The molecule has 0 aromatic heterocycles. The van der Waals surface area contributed by atoms with Gasteiger partial charge in [0, 0.05) is 23.1 Å². The van der Waals surface area contributed by atoms with Crippen molar-refractivity contribution < 1.29 is 13.7 Å². The number of carbonyl (C=O) groups excluding carboxylic acids is 1. The Morgan fingerprint density at radius 2 is 2.22 bits per heavy atom. The predicted molar refractivity (Wildman–Crippen MR) is 72.8 cm³/mol. The Labute approximate surface area is 109 Å². The van der Waals surface area contributed by atoms with E-state index in [4.69, 9.17) is 10.5 Å². The van der Waals surface area contributed by atoms with Crippen molar-refractivity contribution in [3.8, 4) is 5.75 Å². The monoisotopic (exact) mass is 270 g/mol. The topological polar surface area (TPSA) is 81.4 Å². The number of ether oxygens (including phenoxy) is 1. The molecule has 0 aliphatic heterocycles. The lowest BCUT2D eigenvalue weighted by Crippen LogP contribution is -2.28. The van der Waals surface area contributed by atoms with Gasteiger partial charge < -0.3 is 15.8 Å². The van der Waals surface area contributed by atoms with Crippen LogP contribution in [0.15, 0.2) is 18.2 Å². The summed E-state index contributed by atoms with van der Waals surface area (Å²) in [6.45, 7) is 2.37. The molecule has 0 bridgehead atoms. The van der Waals surface area contributed by atoms with E-state index in [1.807, 2.05) is 6.92 Å². The third-order valence-corrected chi connectivity index (χ3v) is 3.53. The Bertz CT molecular complexity index is 449. The number of hydrogen-bond donors (Lipinski definition) is 2. The van der Waals surface area contributed by atoms with Gasteiger partial charge in [-0.1, -0.05) is 6.07 Å². The molecule has 0 saturated carbocycles. The number of anilines is 1. The molecule has 0 aliphatic carbocycles. The van der Waals surface area contributed by atoms with Crippen LogP contribution in [0, 0.1) is 0 Å². The summed E-state index contributed by atoms with van der Waals surface area (Å²) < 4.78 is 16.8. The maximum atomic E-state index is 11.7. The summed E-state index contributed by atoms with van der Waals surface area (Å²) in [4.78, 5) is 11.3. The summed E-state index contributed by atoms with van der Waals surface area (Å²) in [5.41, 5.74) is 7.09. The van der Waals surface area contributed by atoms with E-state index in [-0.39, 0.29) is 11.7 Å². The molecule has 1 unspecified atom stereocenters. The van der Waals surface area contributed by atoms with Gasteiger partial charge in [0.1, 0.15) is 11.5 Å². The molecule has 18 heavy (non-hydrogen) atoms. The van der Waals surface area contributed by atoms with E-state index in [1.54, 1.807) is 25.3 Å². The number of benzene rings is 1. The van der Waals surface area contributed by atoms with Crippen molar-refractivity contribution >= 4 is 22.4 Å².